The lowest BCUT2D eigenvalue weighted by atomic mass is 9.96. The maximum absolute atomic E-state index is 13.4. The van der Waals surface area contributed by atoms with Crippen LogP contribution in [0.25, 0.3) is 11.1 Å². The predicted molar refractivity (Wildman–Crippen MR) is 131 cm³/mol. The van der Waals surface area contributed by atoms with Gasteiger partial charge >= 0.3 is 0 Å². The number of nitrogens with two attached hydrogens (primary N) is 1. The van der Waals surface area contributed by atoms with Gasteiger partial charge in [0.2, 0.25) is 5.78 Å². The van der Waals surface area contributed by atoms with Crippen molar-refractivity contribution in [2.45, 2.75) is 6.54 Å². The zero-order chi connectivity index (χ0) is 24.1. The lowest BCUT2D eigenvalue weighted by Gasteiger charge is -2.12. The summed E-state index contributed by atoms with van der Waals surface area (Å²) in [6.07, 6.45) is 0. The fourth-order valence-electron chi connectivity index (χ4n) is 3.81. The molecule has 34 heavy (non-hydrogen) atoms. The molecule has 172 valence electrons. The molecule has 0 saturated carbocycles. The summed E-state index contributed by atoms with van der Waals surface area (Å²) in [5.74, 6) is 0.428. The summed E-state index contributed by atoms with van der Waals surface area (Å²) in [6.45, 7) is 0.317. The topological polar surface area (TPSA) is 106 Å². The van der Waals surface area contributed by atoms with Crippen LogP contribution in [0.2, 0.25) is 0 Å². The van der Waals surface area contributed by atoms with Crippen LogP contribution in [0.4, 0.5) is 5.82 Å². The molecule has 1 aromatic heterocycles. The third kappa shape index (κ3) is 4.49. The van der Waals surface area contributed by atoms with Gasteiger partial charge in [-0.1, -0.05) is 66.7 Å². The van der Waals surface area contributed by atoms with E-state index in [4.69, 9.17) is 15.2 Å². The number of amides is 1. The van der Waals surface area contributed by atoms with Gasteiger partial charge in [0, 0.05) is 17.7 Å². The Hall–Kier alpha value is -4.52. The molecule has 0 unspecified atom stereocenters. The number of nitrogen functional groups attached to an aromatic ring is 1. The van der Waals surface area contributed by atoms with Gasteiger partial charge in [-0.15, -0.1) is 0 Å². The van der Waals surface area contributed by atoms with E-state index in [-0.39, 0.29) is 22.9 Å². The minimum Gasteiger partial charge on any atom is -0.493 e. The maximum Gasteiger partial charge on any atom is 0.255 e. The number of aromatic nitrogens is 1. The van der Waals surface area contributed by atoms with Gasteiger partial charge < -0.3 is 25.5 Å². The smallest absolute Gasteiger partial charge is 0.255 e. The van der Waals surface area contributed by atoms with E-state index in [9.17, 15) is 9.59 Å². The van der Waals surface area contributed by atoms with Crippen molar-refractivity contribution >= 4 is 17.5 Å². The highest BCUT2D eigenvalue weighted by molar-refractivity contribution is 6.17. The molecule has 0 aliphatic carbocycles. The average molecular weight is 456 g/mol. The number of methoxy groups -OCH3 is 2. The fraction of sp³-hybridized carbons (Fsp3) is 0.111. The van der Waals surface area contributed by atoms with Gasteiger partial charge in [-0.3, -0.25) is 9.59 Å². The van der Waals surface area contributed by atoms with E-state index in [1.165, 1.54) is 7.11 Å². The second kappa shape index (κ2) is 9.95. The first-order chi connectivity index (χ1) is 16.5. The number of aromatic amines is 1. The van der Waals surface area contributed by atoms with Crippen molar-refractivity contribution < 1.29 is 19.1 Å². The van der Waals surface area contributed by atoms with E-state index in [0.29, 0.717) is 34.7 Å². The first-order valence-corrected chi connectivity index (χ1v) is 10.7. The molecule has 0 radical (unpaired) electrons. The summed E-state index contributed by atoms with van der Waals surface area (Å²) in [5.41, 5.74) is 9.10. The van der Waals surface area contributed by atoms with Crippen LogP contribution in [0.15, 0.2) is 78.9 Å². The maximum atomic E-state index is 13.4. The first-order valence-electron chi connectivity index (χ1n) is 10.7. The molecule has 0 spiro atoms. The van der Waals surface area contributed by atoms with Gasteiger partial charge in [0.05, 0.1) is 25.5 Å². The fourth-order valence-corrected chi connectivity index (χ4v) is 3.81. The molecular formula is C27H25N3O4. The molecule has 7 heteroatoms. The predicted octanol–water partition coefficient (Wildman–Crippen LogP) is 4.44. The van der Waals surface area contributed by atoms with Crippen molar-refractivity contribution in [3.8, 4) is 22.6 Å². The number of H-pyrrole nitrogens is 1. The molecule has 4 rings (SSSR count). The van der Waals surface area contributed by atoms with E-state index in [0.717, 1.165) is 5.56 Å². The third-order valence-electron chi connectivity index (χ3n) is 5.49. The standard InChI is InChI=1S/C27H25N3O4/c1-33-20-14-13-19(15-21(20)34-2)22-23(27(32)29-16-17-9-5-3-6-10-17)26(28)30-24(22)25(31)18-11-7-4-8-12-18/h3-15,30H,16,28H2,1-2H3,(H,29,32). The van der Waals surface area contributed by atoms with E-state index >= 15 is 0 Å². The Bertz CT molecular complexity index is 1310. The zero-order valence-corrected chi connectivity index (χ0v) is 18.9. The summed E-state index contributed by atoms with van der Waals surface area (Å²) in [5, 5.41) is 2.90. The lowest BCUT2D eigenvalue weighted by molar-refractivity contribution is 0.0952. The van der Waals surface area contributed by atoms with Gasteiger partial charge in [0.15, 0.2) is 11.5 Å². The lowest BCUT2D eigenvalue weighted by Crippen LogP contribution is -2.24. The highest BCUT2D eigenvalue weighted by Gasteiger charge is 2.27. The van der Waals surface area contributed by atoms with Crippen molar-refractivity contribution in [3.05, 3.63) is 101 Å². The number of carbonyl (C=O) groups excluding carboxylic acids is 2. The van der Waals surface area contributed by atoms with Crippen molar-refractivity contribution in [2.75, 3.05) is 20.0 Å². The summed E-state index contributed by atoms with van der Waals surface area (Å²) in [4.78, 5) is 29.7. The van der Waals surface area contributed by atoms with E-state index < -0.39 is 5.91 Å². The molecule has 4 aromatic rings. The van der Waals surface area contributed by atoms with E-state index in [2.05, 4.69) is 10.3 Å². The van der Waals surface area contributed by atoms with Crippen LogP contribution in [0, 0.1) is 0 Å². The Morgan fingerprint density at radius 1 is 0.882 bits per heavy atom. The first kappa shape index (κ1) is 22.7. The molecule has 3 aromatic carbocycles. The van der Waals surface area contributed by atoms with Crippen molar-refractivity contribution in [1.29, 1.82) is 0 Å². The number of ether oxygens (including phenoxy) is 2. The number of hydrogen-bond acceptors (Lipinski definition) is 5. The number of carbonyl (C=O) groups is 2. The minimum atomic E-state index is -0.394. The van der Waals surface area contributed by atoms with Crippen LogP contribution in [-0.2, 0) is 6.54 Å². The number of rotatable bonds is 8. The molecule has 0 saturated heterocycles. The summed E-state index contributed by atoms with van der Waals surface area (Å²) in [6, 6.07) is 23.6. The molecular weight excluding hydrogens is 430 g/mol. The second-order valence-electron chi connectivity index (χ2n) is 7.60. The molecule has 4 N–H and O–H groups in total. The Morgan fingerprint density at radius 3 is 2.18 bits per heavy atom. The van der Waals surface area contributed by atoms with Crippen molar-refractivity contribution in [1.82, 2.24) is 10.3 Å². The second-order valence-corrected chi connectivity index (χ2v) is 7.60. The van der Waals surface area contributed by atoms with Gasteiger partial charge in [-0.2, -0.15) is 0 Å². The quantitative estimate of drug-likeness (QED) is 0.341. The highest BCUT2D eigenvalue weighted by atomic mass is 16.5. The van der Waals surface area contributed by atoms with Crippen LogP contribution < -0.4 is 20.5 Å². The average Bonchev–Trinajstić information content (AvgIpc) is 3.24. The van der Waals surface area contributed by atoms with E-state index in [1.807, 2.05) is 36.4 Å². The Morgan fingerprint density at radius 2 is 1.53 bits per heavy atom. The normalized spacial score (nSPS) is 10.5. The minimum absolute atomic E-state index is 0.106. The monoisotopic (exact) mass is 455 g/mol. The summed E-state index contributed by atoms with van der Waals surface area (Å²) < 4.78 is 10.8. The molecule has 0 aliphatic heterocycles. The van der Waals surface area contributed by atoms with Crippen molar-refractivity contribution in [2.24, 2.45) is 0 Å². The SMILES string of the molecule is COc1ccc(-c2c(C(=O)c3ccccc3)[nH]c(N)c2C(=O)NCc2ccccc2)cc1OC. The molecule has 7 nitrogen and oxygen atoms in total. The largest absolute Gasteiger partial charge is 0.493 e. The van der Waals surface area contributed by atoms with Crippen molar-refractivity contribution in [3.63, 3.8) is 0 Å². The van der Waals surface area contributed by atoms with Crippen LogP contribution in [0.5, 0.6) is 11.5 Å². The summed E-state index contributed by atoms with van der Waals surface area (Å²) >= 11 is 0. The van der Waals surface area contributed by atoms with E-state index in [1.54, 1.807) is 49.6 Å². The van der Waals surface area contributed by atoms with Gasteiger partial charge in [-0.25, -0.2) is 0 Å². The van der Waals surface area contributed by atoms with Gasteiger partial charge in [0.25, 0.3) is 5.91 Å². The Balaban J connectivity index is 1.82. The zero-order valence-electron chi connectivity index (χ0n) is 18.9. The number of hydrogen-bond donors (Lipinski definition) is 3. The van der Waals surface area contributed by atoms with Gasteiger partial charge in [0.1, 0.15) is 5.82 Å². The van der Waals surface area contributed by atoms with Crippen LogP contribution in [0.1, 0.15) is 32.0 Å². The number of ketones is 1. The summed E-state index contributed by atoms with van der Waals surface area (Å²) in [7, 11) is 3.06. The molecule has 0 atom stereocenters. The Labute approximate surface area is 197 Å². The van der Waals surface area contributed by atoms with Crippen LogP contribution >= 0.6 is 0 Å². The molecule has 0 bridgehead atoms. The highest BCUT2D eigenvalue weighted by Crippen LogP contribution is 2.38. The third-order valence-corrected chi connectivity index (χ3v) is 5.49. The number of benzene rings is 3. The molecule has 1 heterocycles. The number of anilines is 1. The Kier molecular flexibility index (Phi) is 6.64. The van der Waals surface area contributed by atoms with Gasteiger partial charge in [-0.05, 0) is 23.3 Å². The molecule has 1 amide bonds. The molecule has 0 fully saturated rings. The van der Waals surface area contributed by atoms with Crippen LogP contribution in [-0.4, -0.2) is 30.9 Å². The number of nitrogens with one attached hydrogen (secondary N) is 2. The molecule has 0 aliphatic rings. The van der Waals surface area contributed by atoms with Crippen LogP contribution in [0.3, 0.4) is 0 Å².